The van der Waals surface area contributed by atoms with Crippen molar-refractivity contribution in [2.45, 2.75) is 32.2 Å². The van der Waals surface area contributed by atoms with Gasteiger partial charge in [0.05, 0.1) is 9.52 Å². The molecule has 4 nitrogen and oxygen atoms in total. The van der Waals surface area contributed by atoms with E-state index < -0.39 is 0 Å². The second kappa shape index (κ2) is 10.6. The summed E-state index contributed by atoms with van der Waals surface area (Å²) in [5.41, 5.74) is 11.2. The van der Waals surface area contributed by atoms with Crippen LogP contribution in [0.5, 0.6) is 0 Å². The lowest BCUT2D eigenvalue weighted by molar-refractivity contribution is -0.0829. The Balaban J connectivity index is 3.73. The molecule has 0 aliphatic heterocycles. The fourth-order valence-corrected chi connectivity index (χ4v) is 3.65. The van der Waals surface area contributed by atoms with E-state index in [2.05, 4.69) is 0 Å². The minimum absolute atomic E-state index is 0.0619. The van der Waals surface area contributed by atoms with Crippen molar-refractivity contribution in [3.05, 3.63) is 0 Å². The summed E-state index contributed by atoms with van der Waals surface area (Å²) >= 11 is 0. The second-order valence-corrected chi connectivity index (χ2v) is 5.42. The summed E-state index contributed by atoms with van der Waals surface area (Å²) in [5.74, 6) is 0.622. The Morgan fingerprint density at radius 1 is 1.13 bits per heavy atom. The fourth-order valence-electron chi connectivity index (χ4n) is 1.57. The van der Waals surface area contributed by atoms with Crippen LogP contribution in [0, 0.1) is 5.92 Å². The van der Waals surface area contributed by atoms with Crippen LogP contribution in [0.3, 0.4) is 0 Å². The van der Waals surface area contributed by atoms with E-state index in [0.29, 0.717) is 5.92 Å². The summed E-state index contributed by atoms with van der Waals surface area (Å²) in [5, 5.41) is 0. The van der Waals surface area contributed by atoms with Gasteiger partial charge >= 0.3 is 0 Å². The van der Waals surface area contributed by atoms with Gasteiger partial charge in [0.2, 0.25) is 0 Å². The molecule has 0 radical (unpaired) electrons. The van der Waals surface area contributed by atoms with Crippen LogP contribution in [0.25, 0.3) is 0 Å². The van der Waals surface area contributed by atoms with Crippen molar-refractivity contribution in [2.75, 3.05) is 26.3 Å². The molecule has 0 saturated carbocycles. The van der Waals surface area contributed by atoms with E-state index in [0.717, 1.165) is 32.7 Å². The third kappa shape index (κ3) is 7.93. The maximum Gasteiger partial charge on any atom is 0.134 e. The molecule has 0 aliphatic rings. The summed E-state index contributed by atoms with van der Waals surface area (Å²) in [7, 11) is -0.355. The van der Waals surface area contributed by atoms with Gasteiger partial charge in [-0.25, -0.2) is 0 Å². The highest BCUT2D eigenvalue weighted by Crippen LogP contribution is 2.08. The Hall–Kier alpha value is 0.0569. The van der Waals surface area contributed by atoms with Crippen LogP contribution < -0.4 is 11.5 Å². The van der Waals surface area contributed by atoms with Crippen LogP contribution in [0.2, 0.25) is 6.04 Å². The molecule has 15 heavy (non-hydrogen) atoms. The fraction of sp³-hybridized carbons (Fsp3) is 1.00. The van der Waals surface area contributed by atoms with Crippen molar-refractivity contribution in [1.82, 2.24) is 0 Å². The maximum atomic E-state index is 5.68. The lowest BCUT2D eigenvalue weighted by Crippen LogP contribution is -2.28. The summed E-state index contributed by atoms with van der Waals surface area (Å²) in [6.45, 7) is 6.91. The zero-order chi connectivity index (χ0) is 11.5. The lowest BCUT2D eigenvalue weighted by Gasteiger charge is -2.19. The third-order valence-electron chi connectivity index (χ3n) is 2.42. The Morgan fingerprint density at radius 3 is 2.13 bits per heavy atom. The van der Waals surface area contributed by atoms with Gasteiger partial charge in [-0.3, -0.25) is 0 Å². The van der Waals surface area contributed by atoms with Crippen LogP contribution in [0.4, 0.5) is 0 Å². The maximum absolute atomic E-state index is 5.68. The van der Waals surface area contributed by atoms with E-state index in [1.807, 2.05) is 13.8 Å². The zero-order valence-electron chi connectivity index (χ0n) is 10.1. The third-order valence-corrected chi connectivity index (χ3v) is 4.52. The standard InChI is InChI=1S/C10H26N2O2Si/c1-3-13-10(14-4-2)15-8-9(7-12)5-6-11/h9-10H,3-8,11-12,15H2,1-2H3. The SMILES string of the molecule is CCOC(OCC)[SiH2]CC(CN)CCN. The molecule has 1 unspecified atom stereocenters. The van der Waals surface area contributed by atoms with Crippen molar-refractivity contribution in [3.8, 4) is 0 Å². The Labute approximate surface area is 95.5 Å². The molecule has 0 rings (SSSR count). The van der Waals surface area contributed by atoms with Crippen molar-refractivity contribution in [3.63, 3.8) is 0 Å². The van der Waals surface area contributed by atoms with Crippen molar-refractivity contribution < 1.29 is 9.47 Å². The zero-order valence-corrected chi connectivity index (χ0v) is 11.5. The molecule has 0 aromatic heterocycles. The highest BCUT2D eigenvalue weighted by Gasteiger charge is 2.12. The van der Waals surface area contributed by atoms with Crippen molar-refractivity contribution in [1.29, 1.82) is 0 Å². The van der Waals surface area contributed by atoms with Gasteiger partial charge in [0.15, 0.2) is 0 Å². The summed E-state index contributed by atoms with van der Waals surface area (Å²) < 4.78 is 11.0. The average molecular weight is 234 g/mol. The second-order valence-electron chi connectivity index (χ2n) is 3.60. The monoisotopic (exact) mass is 234 g/mol. The number of hydrogen-bond donors (Lipinski definition) is 2. The highest BCUT2D eigenvalue weighted by molar-refractivity contribution is 6.36. The van der Waals surface area contributed by atoms with Crippen LogP contribution >= 0.6 is 0 Å². The first-order valence-corrected chi connectivity index (χ1v) is 7.73. The first kappa shape index (κ1) is 15.1. The number of hydrogen-bond acceptors (Lipinski definition) is 4. The van der Waals surface area contributed by atoms with Gasteiger partial charge in [-0.05, 0) is 39.3 Å². The Kier molecular flexibility index (Phi) is 10.6. The molecule has 5 heteroatoms. The number of rotatable bonds is 10. The smallest absolute Gasteiger partial charge is 0.134 e. The normalized spacial score (nSPS) is 14.2. The molecule has 0 fully saturated rings. The van der Waals surface area contributed by atoms with Gasteiger partial charge in [-0.1, -0.05) is 6.04 Å². The predicted octanol–water partition coefficient (Wildman–Crippen LogP) is -0.146. The minimum Gasteiger partial charge on any atom is -0.357 e. The minimum atomic E-state index is -0.355. The molecule has 0 aliphatic carbocycles. The molecule has 0 aromatic carbocycles. The van der Waals surface area contributed by atoms with E-state index in [9.17, 15) is 0 Å². The van der Waals surface area contributed by atoms with Crippen LogP contribution in [-0.4, -0.2) is 41.7 Å². The number of nitrogens with two attached hydrogens (primary N) is 2. The molecular weight excluding hydrogens is 208 g/mol. The molecule has 0 heterocycles. The molecule has 0 bridgehead atoms. The quantitative estimate of drug-likeness (QED) is 0.407. The molecule has 0 aromatic rings. The largest absolute Gasteiger partial charge is 0.357 e. The van der Waals surface area contributed by atoms with E-state index in [1.165, 1.54) is 6.04 Å². The Morgan fingerprint density at radius 2 is 1.73 bits per heavy atom. The summed E-state index contributed by atoms with van der Waals surface area (Å²) in [6.07, 6.45) is 1.02. The van der Waals surface area contributed by atoms with E-state index in [-0.39, 0.29) is 15.4 Å². The Bertz CT molecular complexity index is 133. The first-order valence-electron chi connectivity index (χ1n) is 5.91. The van der Waals surface area contributed by atoms with E-state index >= 15 is 0 Å². The average Bonchev–Trinajstić information content (AvgIpc) is 2.24. The van der Waals surface area contributed by atoms with Gasteiger partial charge < -0.3 is 20.9 Å². The van der Waals surface area contributed by atoms with Gasteiger partial charge in [-0.15, -0.1) is 0 Å². The molecule has 1 atom stereocenters. The summed E-state index contributed by atoms with van der Waals surface area (Å²) in [4.78, 5) is 0. The molecule has 0 spiro atoms. The molecule has 92 valence electrons. The van der Waals surface area contributed by atoms with E-state index in [4.69, 9.17) is 20.9 Å². The van der Waals surface area contributed by atoms with Crippen molar-refractivity contribution >= 4 is 9.52 Å². The number of ether oxygens (including phenoxy) is 2. The van der Waals surface area contributed by atoms with Gasteiger partial charge in [-0.2, -0.15) is 0 Å². The van der Waals surface area contributed by atoms with Crippen LogP contribution in [0.1, 0.15) is 20.3 Å². The predicted molar refractivity (Wildman–Crippen MR) is 66.6 cm³/mol. The lowest BCUT2D eigenvalue weighted by atomic mass is 10.1. The highest BCUT2D eigenvalue weighted by atomic mass is 28.2. The van der Waals surface area contributed by atoms with Gasteiger partial charge in [0, 0.05) is 13.2 Å². The van der Waals surface area contributed by atoms with Gasteiger partial charge in [0.25, 0.3) is 0 Å². The molecule has 0 saturated heterocycles. The van der Waals surface area contributed by atoms with Crippen LogP contribution in [-0.2, 0) is 9.47 Å². The van der Waals surface area contributed by atoms with E-state index in [1.54, 1.807) is 0 Å². The van der Waals surface area contributed by atoms with Crippen molar-refractivity contribution in [2.24, 2.45) is 17.4 Å². The van der Waals surface area contributed by atoms with Crippen LogP contribution in [0.15, 0.2) is 0 Å². The van der Waals surface area contributed by atoms with Gasteiger partial charge in [0.1, 0.15) is 5.91 Å². The molecular formula is C10H26N2O2Si. The molecule has 0 amide bonds. The topological polar surface area (TPSA) is 70.5 Å². The first-order chi connectivity index (χ1) is 7.28. The molecule has 4 N–H and O–H groups in total. The summed E-state index contributed by atoms with van der Waals surface area (Å²) in [6, 6.07) is 1.17.